The fourth-order valence-corrected chi connectivity index (χ4v) is 5.37. The molecular weight excluding hydrogens is 470 g/mol. The topological polar surface area (TPSA) is 112 Å². The highest BCUT2D eigenvalue weighted by atomic mass is 16.4. The van der Waals surface area contributed by atoms with Crippen LogP contribution in [0.15, 0.2) is 12.2 Å². The van der Waals surface area contributed by atoms with Crippen LogP contribution in [0.25, 0.3) is 0 Å². The predicted octanol–water partition coefficient (Wildman–Crippen LogP) is 7.43. The maximum Gasteiger partial charge on any atom is 0.362 e. The van der Waals surface area contributed by atoms with Crippen molar-refractivity contribution in [3.63, 3.8) is 0 Å². The van der Waals surface area contributed by atoms with Crippen LogP contribution in [0.2, 0.25) is 0 Å². The molecule has 0 amide bonds. The highest BCUT2D eigenvalue weighted by Crippen LogP contribution is 2.27. The van der Waals surface area contributed by atoms with Gasteiger partial charge in [0, 0.05) is 0 Å². The van der Waals surface area contributed by atoms with E-state index < -0.39 is 40.5 Å². The van der Waals surface area contributed by atoms with Gasteiger partial charge in [0.25, 0.3) is 0 Å². The summed E-state index contributed by atoms with van der Waals surface area (Å²) in [4.78, 5) is 35.4. The SMILES string of the molecule is CCCCCC/C=C/CCCCCCCCCCCCC[N+](C(C)C(=O)O)(C(C)C(=O)O)C(C)C(=O)O. The standard InChI is InChI=1S/C30H55NO6/c1-5-6-7-8-9-10-11-12-13-14-15-16-17-18-19-20-21-22-23-24-31(25(2)28(32)33,26(3)29(34)35)27(4)30(36)37/h10-11,25-27H,5-9,12-24H2,1-4H3,(H2-,32,33,34,35,36,37)/p+1/b11-10+. The second kappa shape index (κ2) is 21.1. The Bertz CT molecular complexity index is 612. The molecule has 37 heavy (non-hydrogen) atoms. The number of quaternary nitrogens is 1. The molecule has 0 spiro atoms. The number of hydrogen-bond acceptors (Lipinski definition) is 3. The van der Waals surface area contributed by atoms with Crippen LogP contribution in [-0.4, -0.2) is 62.4 Å². The van der Waals surface area contributed by atoms with Crippen molar-refractivity contribution in [1.82, 2.24) is 0 Å². The fourth-order valence-electron chi connectivity index (χ4n) is 5.37. The molecule has 0 aromatic carbocycles. The Morgan fingerprint density at radius 3 is 1.16 bits per heavy atom. The lowest BCUT2D eigenvalue weighted by Gasteiger charge is -2.47. The van der Waals surface area contributed by atoms with Crippen LogP contribution >= 0.6 is 0 Å². The summed E-state index contributed by atoms with van der Waals surface area (Å²) in [5.74, 6) is -3.51. The number of carbonyl (C=O) groups is 3. The van der Waals surface area contributed by atoms with E-state index in [0.29, 0.717) is 6.42 Å². The van der Waals surface area contributed by atoms with Crippen molar-refractivity contribution in [1.29, 1.82) is 0 Å². The van der Waals surface area contributed by atoms with Gasteiger partial charge in [-0.15, -0.1) is 0 Å². The zero-order valence-corrected chi connectivity index (χ0v) is 24.1. The maximum atomic E-state index is 11.8. The van der Waals surface area contributed by atoms with Crippen molar-refractivity contribution in [3.8, 4) is 0 Å². The average molecular weight is 527 g/mol. The van der Waals surface area contributed by atoms with Gasteiger partial charge in [0.1, 0.15) is 0 Å². The number of nitrogens with zero attached hydrogens (tertiary/aromatic N) is 1. The molecule has 7 nitrogen and oxygen atoms in total. The molecule has 0 aliphatic heterocycles. The first kappa shape index (κ1) is 35.1. The molecule has 0 aromatic rings. The minimum atomic E-state index is -1.17. The summed E-state index contributed by atoms with van der Waals surface area (Å²) in [6.45, 7) is 6.74. The van der Waals surface area contributed by atoms with E-state index in [0.717, 1.165) is 19.3 Å². The van der Waals surface area contributed by atoms with Gasteiger partial charge in [-0.25, -0.2) is 14.4 Å². The monoisotopic (exact) mass is 526 g/mol. The van der Waals surface area contributed by atoms with Gasteiger partial charge in [-0.1, -0.05) is 89.7 Å². The first-order valence-corrected chi connectivity index (χ1v) is 14.8. The third kappa shape index (κ3) is 14.0. The molecule has 0 aliphatic rings. The first-order chi connectivity index (χ1) is 17.6. The number of unbranched alkanes of at least 4 members (excludes halogenated alkanes) is 15. The van der Waals surface area contributed by atoms with Gasteiger partial charge in [-0.05, 0) is 59.3 Å². The minimum absolute atomic E-state index is 0.225. The molecule has 0 heterocycles. The number of aliphatic carboxylic acids is 3. The Morgan fingerprint density at radius 2 is 0.838 bits per heavy atom. The van der Waals surface area contributed by atoms with Crippen molar-refractivity contribution >= 4 is 17.9 Å². The summed E-state index contributed by atoms with van der Waals surface area (Å²) in [7, 11) is 0. The first-order valence-electron chi connectivity index (χ1n) is 14.8. The fraction of sp³-hybridized carbons (Fsp3) is 0.833. The maximum absolute atomic E-state index is 11.8. The van der Waals surface area contributed by atoms with E-state index in [1.165, 1.54) is 104 Å². The number of rotatable bonds is 25. The van der Waals surface area contributed by atoms with Crippen molar-refractivity contribution < 1.29 is 34.2 Å². The number of carboxylic acids is 3. The summed E-state index contributed by atoms with van der Waals surface area (Å²) < 4.78 is -0.477. The molecule has 0 rings (SSSR count). The molecule has 7 heteroatoms. The van der Waals surface area contributed by atoms with Gasteiger partial charge in [0.05, 0.1) is 6.54 Å². The van der Waals surface area contributed by atoms with Crippen LogP contribution in [-0.2, 0) is 14.4 Å². The average Bonchev–Trinajstić information content (AvgIpc) is 2.86. The number of hydrogen-bond donors (Lipinski definition) is 3. The Labute approximate surface area is 225 Å². The van der Waals surface area contributed by atoms with Crippen LogP contribution in [0.1, 0.15) is 137 Å². The Morgan fingerprint density at radius 1 is 0.541 bits per heavy atom. The second-order valence-electron chi connectivity index (χ2n) is 10.8. The minimum Gasteiger partial charge on any atom is -0.477 e. The molecular formula is C30H56NO6+. The lowest BCUT2D eigenvalue weighted by molar-refractivity contribution is -0.968. The lowest BCUT2D eigenvalue weighted by Crippen LogP contribution is -2.70. The third-order valence-electron chi connectivity index (χ3n) is 8.04. The molecule has 3 unspecified atom stereocenters. The molecule has 0 bridgehead atoms. The third-order valence-corrected chi connectivity index (χ3v) is 8.04. The lowest BCUT2D eigenvalue weighted by atomic mass is 10.00. The van der Waals surface area contributed by atoms with E-state index in [1.54, 1.807) is 0 Å². The molecule has 216 valence electrons. The summed E-state index contributed by atoms with van der Waals surface area (Å²) in [5, 5.41) is 28.9. The van der Waals surface area contributed by atoms with E-state index in [2.05, 4.69) is 19.1 Å². The summed E-state index contributed by atoms with van der Waals surface area (Å²) in [6, 6.07) is -3.36. The predicted molar refractivity (Wildman–Crippen MR) is 150 cm³/mol. The Kier molecular flexibility index (Phi) is 20.0. The molecule has 0 aromatic heterocycles. The van der Waals surface area contributed by atoms with Crippen LogP contribution in [0.4, 0.5) is 0 Å². The molecule has 0 saturated heterocycles. The molecule has 0 aliphatic carbocycles. The van der Waals surface area contributed by atoms with Crippen LogP contribution < -0.4 is 0 Å². The van der Waals surface area contributed by atoms with Crippen LogP contribution in [0.5, 0.6) is 0 Å². The molecule has 3 atom stereocenters. The zero-order chi connectivity index (χ0) is 28.1. The van der Waals surface area contributed by atoms with Crippen molar-refractivity contribution in [2.45, 2.75) is 155 Å². The van der Waals surface area contributed by atoms with Crippen molar-refractivity contribution in [2.24, 2.45) is 0 Å². The quantitative estimate of drug-likeness (QED) is 0.0648. The largest absolute Gasteiger partial charge is 0.477 e. The van der Waals surface area contributed by atoms with Gasteiger partial charge >= 0.3 is 17.9 Å². The molecule has 0 radical (unpaired) electrons. The summed E-state index contributed by atoms with van der Waals surface area (Å²) in [6.07, 6.45) is 24.8. The summed E-state index contributed by atoms with van der Waals surface area (Å²) in [5.41, 5.74) is 0. The molecule has 0 saturated carbocycles. The van der Waals surface area contributed by atoms with E-state index in [-0.39, 0.29) is 6.54 Å². The van der Waals surface area contributed by atoms with Gasteiger partial charge in [0.15, 0.2) is 18.1 Å². The van der Waals surface area contributed by atoms with Gasteiger partial charge in [-0.2, -0.15) is 0 Å². The van der Waals surface area contributed by atoms with Crippen LogP contribution in [0, 0.1) is 0 Å². The Balaban J connectivity index is 4.14. The number of carboxylic acid groups (broad SMARTS) is 3. The second-order valence-corrected chi connectivity index (χ2v) is 10.8. The smallest absolute Gasteiger partial charge is 0.362 e. The van der Waals surface area contributed by atoms with E-state index in [1.807, 2.05) is 0 Å². The Hall–Kier alpha value is -1.89. The van der Waals surface area contributed by atoms with E-state index in [4.69, 9.17) is 0 Å². The number of allylic oxidation sites excluding steroid dienone is 2. The van der Waals surface area contributed by atoms with Gasteiger partial charge < -0.3 is 15.3 Å². The molecule has 0 fully saturated rings. The van der Waals surface area contributed by atoms with Gasteiger partial charge in [-0.3, -0.25) is 4.48 Å². The van der Waals surface area contributed by atoms with Crippen molar-refractivity contribution in [3.05, 3.63) is 12.2 Å². The van der Waals surface area contributed by atoms with Crippen molar-refractivity contribution in [2.75, 3.05) is 6.54 Å². The van der Waals surface area contributed by atoms with Crippen LogP contribution in [0.3, 0.4) is 0 Å². The summed E-state index contributed by atoms with van der Waals surface area (Å²) >= 11 is 0. The van der Waals surface area contributed by atoms with E-state index >= 15 is 0 Å². The normalized spacial score (nSPS) is 15.8. The molecule has 3 N–H and O–H groups in total. The highest BCUT2D eigenvalue weighted by Gasteiger charge is 2.52. The van der Waals surface area contributed by atoms with Gasteiger partial charge in [0.2, 0.25) is 0 Å². The van der Waals surface area contributed by atoms with E-state index in [9.17, 15) is 29.7 Å². The highest BCUT2D eigenvalue weighted by molar-refractivity contribution is 5.77. The zero-order valence-electron chi connectivity index (χ0n) is 24.1.